The molecular weight excluding hydrogens is 925 g/mol. The number of hydrogen-bond donors (Lipinski definition) is 0. The molecule has 0 aromatic rings. The number of esters is 3. The Morgan fingerprint density at radius 1 is 0.280 bits per heavy atom. The highest BCUT2D eigenvalue weighted by Crippen LogP contribution is 2.14. The van der Waals surface area contributed by atoms with Crippen LogP contribution in [0.5, 0.6) is 0 Å². The van der Waals surface area contributed by atoms with E-state index in [1.807, 2.05) is 0 Å². The van der Waals surface area contributed by atoms with E-state index in [9.17, 15) is 14.4 Å². The maximum atomic E-state index is 12.8. The Morgan fingerprint density at radius 2 is 0.520 bits per heavy atom. The van der Waals surface area contributed by atoms with Crippen LogP contribution in [-0.2, 0) is 28.6 Å². The topological polar surface area (TPSA) is 78.9 Å². The van der Waals surface area contributed by atoms with Gasteiger partial charge in [0.05, 0.1) is 0 Å². The van der Waals surface area contributed by atoms with Crippen molar-refractivity contribution in [1.82, 2.24) is 0 Å². The number of ether oxygens (including phenoxy) is 3. The van der Waals surface area contributed by atoms with Gasteiger partial charge >= 0.3 is 17.9 Å². The van der Waals surface area contributed by atoms with Gasteiger partial charge in [0.15, 0.2) is 6.10 Å². The van der Waals surface area contributed by atoms with Crippen molar-refractivity contribution in [3.63, 3.8) is 0 Å². The summed E-state index contributed by atoms with van der Waals surface area (Å²) in [5.74, 6) is -0.948. The van der Waals surface area contributed by atoms with Crippen molar-refractivity contribution in [2.45, 2.75) is 258 Å². The maximum absolute atomic E-state index is 12.8. The minimum absolute atomic E-state index is 0.101. The third-order valence-corrected chi connectivity index (χ3v) is 12.3. The summed E-state index contributed by atoms with van der Waals surface area (Å²) in [5, 5.41) is 0. The van der Waals surface area contributed by atoms with Crippen molar-refractivity contribution in [3.05, 3.63) is 146 Å². The maximum Gasteiger partial charge on any atom is 0.306 e. The Bertz CT molecular complexity index is 1660. The molecule has 0 bridgehead atoms. The molecule has 0 saturated heterocycles. The van der Waals surface area contributed by atoms with Gasteiger partial charge in [0, 0.05) is 19.3 Å². The Balaban J connectivity index is 4.32. The first-order valence-electron chi connectivity index (χ1n) is 30.3. The number of carbonyl (C=O) groups excluding carboxylic acids is 3. The van der Waals surface area contributed by atoms with Crippen LogP contribution in [0.15, 0.2) is 146 Å². The summed E-state index contributed by atoms with van der Waals surface area (Å²) >= 11 is 0. The van der Waals surface area contributed by atoms with Gasteiger partial charge in [0.25, 0.3) is 0 Å². The van der Waals surface area contributed by atoms with E-state index in [4.69, 9.17) is 14.2 Å². The number of hydrogen-bond acceptors (Lipinski definition) is 6. The highest BCUT2D eigenvalue weighted by Gasteiger charge is 2.19. The summed E-state index contributed by atoms with van der Waals surface area (Å²) in [4.78, 5) is 38.1. The van der Waals surface area contributed by atoms with E-state index in [0.717, 1.165) is 186 Å². The van der Waals surface area contributed by atoms with Crippen LogP contribution in [-0.4, -0.2) is 37.2 Å². The molecular formula is C69H110O6. The monoisotopic (exact) mass is 1030 g/mol. The Labute approximate surface area is 461 Å². The van der Waals surface area contributed by atoms with Crippen molar-refractivity contribution in [1.29, 1.82) is 0 Å². The predicted molar refractivity (Wildman–Crippen MR) is 325 cm³/mol. The number of carbonyl (C=O) groups is 3. The molecule has 0 aromatic carbocycles. The molecule has 1 unspecified atom stereocenters. The van der Waals surface area contributed by atoms with E-state index in [1.54, 1.807) is 0 Å². The van der Waals surface area contributed by atoms with Crippen LogP contribution in [0.4, 0.5) is 0 Å². The molecule has 0 saturated carbocycles. The molecule has 0 heterocycles. The molecule has 0 fully saturated rings. The zero-order valence-corrected chi connectivity index (χ0v) is 48.3. The molecule has 422 valence electrons. The summed E-state index contributed by atoms with van der Waals surface area (Å²) < 4.78 is 16.8. The van der Waals surface area contributed by atoms with Gasteiger partial charge in [-0.05, 0) is 135 Å². The van der Waals surface area contributed by atoms with Crippen LogP contribution < -0.4 is 0 Å². The van der Waals surface area contributed by atoms with Gasteiger partial charge in [-0.2, -0.15) is 0 Å². The number of rotatable bonds is 53. The summed E-state index contributed by atoms with van der Waals surface area (Å²) in [7, 11) is 0. The molecule has 0 amide bonds. The molecule has 0 aromatic heterocycles. The zero-order chi connectivity index (χ0) is 54.3. The van der Waals surface area contributed by atoms with Crippen molar-refractivity contribution in [2.75, 3.05) is 13.2 Å². The molecule has 0 aliphatic rings. The van der Waals surface area contributed by atoms with Crippen LogP contribution in [0.25, 0.3) is 0 Å². The van der Waals surface area contributed by atoms with Crippen molar-refractivity contribution in [2.24, 2.45) is 0 Å². The Morgan fingerprint density at radius 3 is 0.813 bits per heavy atom. The van der Waals surface area contributed by atoms with E-state index in [0.29, 0.717) is 19.3 Å². The van der Waals surface area contributed by atoms with E-state index < -0.39 is 6.10 Å². The smallest absolute Gasteiger partial charge is 0.306 e. The fourth-order valence-corrected chi connectivity index (χ4v) is 7.77. The highest BCUT2D eigenvalue weighted by atomic mass is 16.6. The fraction of sp³-hybridized carbons (Fsp3) is 0.609. The summed E-state index contributed by atoms with van der Waals surface area (Å²) in [5.41, 5.74) is 0. The number of unbranched alkanes of at least 4 members (excludes halogenated alkanes) is 18. The van der Waals surface area contributed by atoms with E-state index in [1.165, 1.54) is 25.7 Å². The lowest BCUT2D eigenvalue weighted by Gasteiger charge is -2.18. The first kappa shape index (κ1) is 70.3. The predicted octanol–water partition coefficient (Wildman–Crippen LogP) is 20.8. The van der Waals surface area contributed by atoms with Gasteiger partial charge in [-0.15, -0.1) is 0 Å². The average molecular weight is 1040 g/mol. The lowest BCUT2D eigenvalue weighted by Crippen LogP contribution is -2.30. The molecule has 6 nitrogen and oxygen atoms in total. The minimum atomic E-state index is -0.803. The summed E-state index contributed by atoms with van der Waals surface area (Å²) in [6.45, 7) is 6.35. The average Bonchev–Trinajstić information content (AvgIpc) is 3.41. The summed E-state index contributed by atoms with van der Waals surface area (Å²) in [6.07, 6.45) is 88.5. The lowest BCUT2D eigenvalue weighted by molar-refractivity contribution is -0.167. The Hall–Kier alpha value is -4.71. The van der Waals surface area contributed by atoms with E-state index in [-0.39, 0.29) is 31.1 Å². The van der Waals surface area contributed by atoms with Crippen LogP contribution in [0, 0.1) is 0 Å². The minimum Gasteiger partial charge on any atom is -0.462 e. The van der Waals surface area contributed by atoms with Crippen LogP contribution in [0.3, 0.4) is 0 Å². The normalized spacial score (nSPS) is 13.2. The molecule has 0 aliphatic carbocycles. The van der Waals surface area contributed by atoms with E-state index in [2.05, 4.69) is 167 Å². The standard InChI is InChI=1S/C69H110O6/c1-4-7-10-13-16-19-22-25-26-27-28-29-30-31-32-33-34-35-36-37-38-39-40-41-42-45-47-50-53-56-59-62-68(71)74-65-66(75-69(72)63-60-57-54-51-48-44-24-21-18-15-12-9-6-3)64-73-67(70)61-58-55-52-49-46-43-23-20-17-14-11-8-5-2/h7,10-12,14-16,19-21,23-26,28-29,31-32,34-35,37-38,40-41,66H,4-6,8-9,13,17-18,22,27,30,33,36,39,42-65H2,1-3H3/b10-7-,14-11-,15-12-,19-16-,23-20-,24-21-,26-25-,29-28-,32-31-,35-34-,38-37-,41-40-. The third kappa shape index (κ3) is 60.0. The first-order valence-corrected chi connectivity index (χ1v) is 30.3. The van der Waals surface area contributed by atoms with Crippen LogP contribution >= 0.6 is 0 Å². The molecule has 0 radical (unpaired) electrons. The van der Waals surface area contributed by atoms with Gasteiger partial charge in [0.2, 0.25) is 0 Å². The zero-order valence-electron chi connectivity index (χ0n) is 48.3. The Kier molecular flexibility index (Phi) is 58.0. The molecule has 0 rings (SSSR count). The second-order valence-corrected chi connectivity index (χ2v) is 19.5. The molecule has 6 heteroatoms. The van der Waals surface area contributed by atoms with Gasteiger partial charge in [-0.3, -0.25) is 14.4 Å². The molecule has 1 atom stereocenters. The van der Waals surface area contributed by atoms with Gasteiger partial charge < -0.3 is 14.2 Å². The van der Waals surface area contributed by atoms with Crippen molar-refractivity contribution in [3.8, 4) is 0 Å². The quantitative estimate of drug-likeness (QED) is 0.0261. The summed E-state index contributed by atoms with van der Waals surface area (Å²) in [6, 6.07) is 0. The second-order valence-electron chi connectivity index (χ2n) is 19.5. The fourth-order valence-electron chi connectivity index (χ4n) is 7.77. The van der Waals surface area contributed by atoms with Crippen LogP contribution in [0.2, 0.25) is 0 Å². The van der Waals surface area contributed by atoms with Crippen molar-refractivity contribution < 1.29 is 28.6 Å². The second kappa shape index (κ2) is 61.8. The first-order chi connectivity index (χ1) is 37.0. The van der Waals surface area contributed by atoms with Gasteiger partial charge in [-0.25, -0.2) is 0 Å². The highest BCUT2D eigenvalue weighted by molar-refractivity contribution is 5.71. The molecule has 0 spiro atoms. The third-order valence-electron chi connectivity index (χ3n) is 12.3. The SMILES string of the molecule is CC/C=C\C/C=C\C/C=C\C/C=C\C/C=C\C/C=C\C/C=C\C/C=C\CCCCCCCCC(=O)OCC(COC(=O)CCCCCCC/C=C\C/C=C\CCC)OC(=O)CCCCCCC/C=C\C/C=C\CCC. The molecule has 0 N–H and O–H groups in total. The van der Waals surface area contributed by atoms with Crippen molar-refractivity contribution >= 4 is 17.9 Å². The van der Waals surface area contributed by atoms with Crippen LogP contribution in [0.1, 0.15) is 252 Å². The van der Waals surface area contributed by atoms with Gasteiger partial charge in [0.1, 0.15) is 13.2 Å². The largest absolute Gasteiger partial charge is 0.462 e. The molecule has 75 heavy (non-hydrogen) atoms. The number of allylic oxidation sites excluding steroid dienone is 24. The van der Waals surface area contributed by atoms with Gasteiger partial charge in [-0.1, -0.05) is 244 Å². The molecule has 0 aliphatic heterocycles. The van der Waals surface area contributed by atoms with E-state index >= 15 is 0 Å². The lowest BCUT2D eigenvalue weighted by atomic mass is 10.1.